The van der Waals surface area contributed by atoms with Crippen LogP contribution >= 0.6 is 11.6 Å². The van der Waals surface area contributed by atoms with Crippen LogP contribution in [0.15, 0.2) is 42.5 Å². The number of carbonyl (C=O) groups is 2. The van der Waals surface area contributed by atoms with Crippen molar-refractivity contribution in [3.05, 3.63) is 58.6 Å². The van der Waals surface area contributed by atoms with Crippen LogP contribution in [0.1, 0.15) is 15.9 Å². The molecule has 0 unspecified atom stereocenters. The highest BCUT2D eigenvalue weighted by molar-refractivity contribution is 6.31. The molecule has 0 atom stereocenters. The van der Waals surface area contributed by atoms with Gasteiger partial charge >= 0.3 is 0 Å². The molecule has 0 bridgehead atoms. The lowest BCUT2D eigenvalue weighted by atomic mass is 10.1. The highest BCUT2D eigenvalue weighted by atomic mass is 35.5. The Bertz CT molecular complexity index is 818. The lowest BCUT2D eigenvalue weighted by molar-refractivity contribution is -0.114. The van der Waals surface area contributed by atoms with Crippen LogP contribution in [0, 0.1) is 6.92 Å². The van der Waals surface area contributed by atoms with Gasteiger partial charge in [-0.3, -0.25) is 9.59 Å². The van der Waals surface area contributed by atoms with Crippen LogP contribution in [-0.4, -0.2) is 49.6 Å². The van der Waals surface area contributed by atoms with Gasteiger partial charge < -0.3 is 20.3 Å². The normalized spacial score (nSPS) is 13.9. The van der Waals surface area contributed by atoms with Gasteiger partial charge in [-0.05, 0) is 48.9 Å². The largest absolute Gasteiger partial charge is 0.378 e. The number of halogens is 1. The molecule has 0 aliphatic carbocycles. The molecular formula is C20H22ClN3O3. The topological polar surface area (TPSA) is 70.7 Å². The summed E-state index contributed by atoms with van der Waals surface area (Å²) in [5.41, 5.74) is 3.01. The smallest absolute Gasteiger partial charge is 0.254 e. The van der Waals surface area contributed by atoms with Crippen molar-refractivity contribution in [2.24, 2.45) is 0 Å². The van der Waals surface area contributed by atoms with Crippen molar-refractivity contribution < 1.29 is 14.3 Å². The molecule has 7 heteroatoms. The minimum absolute atomic E-state index is 0.0194. The summed E-state index contributed by atoms with van der Waals surface area (Å²) in [7, 11) is 0. The van der Waals surface area contributed by atoms with Crippen LogP contribution in [0.25, 0.3) is 0 Å². The molecule has 142 valence electrons. The van der Waals surface area contributed by atoms with Gasteiger partial charge in [0.25, 0.3) is 5.91 Å². The molecule has 2 aromatic carbocycles. The summed E-state index contributed by atoms with van der Waals surface area (Å²) in [5.74, 6) is -0.201. The first kappa shape index (κ1) is 19.2. The molecule has 1 aliphatic heterocycles. The zero-order valence-electron chi connectivity index (χ0n) is 15.1. The van der Waals surface area contributed by atoms with Gasteiger partial charge in [0.05, 0.1) is 19.8 Å². The summed E-state index contributed by atoms with van der Waals surface area (Å²) in [5, 5.41) is 6.49. The third-order valence-corrected chi connectivity index (χ3v) is 4.75. The van der Waals surface area contributed by atoms with Crippen LogP contribution < -0.4 is 10.6 Å². The van der Waals surface area contributed by atoms with Crippen molar-refractivity contribution >= 4 is 34.8 Å². The van der Waals surface area contributed by atoms with Crippen LogP contribution in [-0.2, 0) is 9.53 Å². The van der Waals surface area contributed by atoms with Gasteiger partial charge in [-0.1, -0.05) is 17.7 Å². The Morgan fingerprint density at radius 3 is 2.41 bits per heavy atom. The van der Waals surface area contributed by atoms with E-state index in [9.17, 15) is 9.59 Å². The molecular weight excluding hydrogens is 366 g/mol. The predicted octanol–water partition coefficient (Wildman–Crippen LogP) is 3.17. The van der Waals surface area contributed by atoms with E-state index in [1.165, 1.54) is 0 Å². The Balaban J connectivity index is 1.52. The fourth-order valence-electron chi connectivity index (χ4n) is 2.74. The molecule has 27 heavy (non-hydrogen) atoms. The molecule has 1 heterocycles. The van der Waals surface area contributed by atoms with Gasteiger partial charge in [-0.25, -0.2) is 0 Å². The molecule has 0 radical (unpaired) electrons. The van der Waals surface area contributed by atoms with E-state index in [2.05, 4.69) is 10.6 Å². The molecule has 1 saturated heterocycles. The number of aryl methyl sites for hydroxylation is 1. The summed E-state index contributed by atoms with van der Waals surface area (Å²) in [4.78, 5) is 26.3. The lowest BCUT2D eigenvalue weighted by Gasteiger charge is -2.26. The Morgan fingerprint density at radius 1 is 1.07 bits per heavy atom. The van der Waals surface area contributed by atoms with Crippen molar-refractivity contribution in [2.45, 2.75) is 6.92 Å². The standard InChI is InChI=1S/C20H22ClN3O3/c1-14-2-5-17(12-18(14)21)22-13-19(25)23-16-6-3-15(4-7-16)20(26)24-8-10-27-11-9-24/h2-7,12,22H,8-11,13H2,1H3,(H,23,25). The first-order valence-corrected chi connectivity index (χ1v) is 9.18. The third-order valence-electron chi connectivity index (χ3n) is 4.34. The Morgan fingerprint density at radius 2 is 1.74 bits per heavy atom. The summed E-state index contributed by atoms with van der Waals surface area (Å²) >= 11 is 6.08. The number of amides is 2. The molecule has 1 fully saturated rings. The van der Waals surface area contributed by atoms with E-state index in [1.54, 1.807) is 35.2 Å². The fourth-order valence-corrected chi connectivity index (χ4v) is 2.92. The van der Waals surface area contributed by atoms with E-state index in [0.717, 1.165) is 11.3 Å². The first-order valence-electron chi connectivity index (χ1n) is 8.80. The zero-order valence-corrected chi connectivity index (χ0v) is 15.9. The average molecular weight is 388 g/mol. The average Bonchev–Trinajstić information content (AvgIpc) is 2.69. The second-order valence-corrected chi connectivity index (χ2v) is 6.75. The molecule has 2 N–H and O–H groups in total. The maximum Gasteiger partial charge on any atom is 0.254 e. The van der Waals surface area contributed by atoms with E-state index in [4.69, 9.17) is 16.3 Å². The van der Waals surface area contributed by atoms with E-state index in [-0.39, 0.29) is 18.4 Å². The van der Waals surface area contributed by atoms with Crippen LogP contribution in [0.3, 0.4) is 0 Å². The monoisotopic (exact) mass is 387 g/mol. The number of nitrogens with one attached hydrogen (secondary N) is 2. The van der Waals surface area contributed by atoms with Gasteiger partial charge in [0, 0.05) is 35.1 Å². The van der Waals surface area contributed by atoms with Crippen molar-refractivity contribution in [3.8, 4) is 0 Å². The Labute approximate surface area is 163 Å². The molecule has 1 aliphatic rings. The summed E-state index contributed by atoms with van der Waals surface area (Å²) in [6.07, 6.45) is 0. The molecule has 2 aromatic rings. The van der Waals surface area contributed by atoms with E-state index < -0.39 is 0 Å². The number of ether oxygens (including phenoxy) is 1. The second-order valence-electron chi connectivity index (χ2n) is 6.35. The minimum atomic E-state index is -0.182. The molecule has 0 aromatic heterocycles. The minimum Gasteiger partial charge on any atom is -0.378 e. The molecule has 0 saturated carbocycles. The van der Waals surface area contributed by atoms with Crippen LogP contribution in [0.4, 0.5) is 11.4 Å². The van der Waals surface area contributed by atoms with Gasteiger partial charge in [-0.2, -0.15) is 0 Å². The molecule has 3 rings (SSSR count). The van der Waals surface area contributed by atoms with Gasteiger partial charge in [-0.15, -0.1) is 0 Å². The molecule has 0 spiro atoms. The highest BCUT2D eigenvalue weighted by Crippen LogP contribution is 2.19. The van der Waals surface area contributed by atoms with Crippen molar-refractivity contribution in [1.29, 1.82) is 0 Å². The Hall–Kier alpha value is -2.57. The van der Waals surface area contributed by atoms with Gasteiger partial charge in [0.15, 0.2) is 0 Å². The number of morpholine rings is 1. The van der Waals surface area contributed by atoms with E-state index in [0.29, 0.717) is 42.6 Å². The predicted molar refractivity (Wildman–Crippen MR) is 106 cm³/mol. The van der Waals surface area contributed by atoms with Crippen molar-refractivity contribution in [3.63, 3.8) is 0 Å². The number of nitrogens with zero attached hydrogens (tertiary/aromatic N) is 1. The number of benzene rings is 2. The Kier molecular flexibility index (Phi) is 6.32. The second kappa shape index (κ2) is 8.88. The third kappa shape index (κ3) is 5.21. The van der Waals surface area contributed by atoms with Crippen molar-refractivity contribution in [2.75, 3.05) is 43.5 Å². The van der Waals surface area contributed by atoms with Gasteiger partial charge in [0.1, 0.15) is 0 Å². The molecule has 2 amide bonds. The zero-order chi connectivity index (χ0) is 19.2. The van der Waals surface area contributed by atoms with Crippen molar-refractivity contribution in [1.82, 2.24) is 4.90 Å². The quantitative estimate of drug-likeness (QED) is 0.826. The highest BCUT2D eigenvalue weighted by Gasteiger charge is 2.18. The lowest BCUT2D eigenvalue weighted by Crippen LogP contribution is -2.40. The van der Waals surface area contributed by atoms with E-state index >= 15 is 0 Å². The first-order chi connectivity index (χ1) is 13.0. The molecule has 6 nitrogen and oxygen atoms in total. The number of hydrogen-bond acceptors (Lipinski definition) is 4. The number of carbonyl (C=O) groups excluding carboxylic acids is 2. The maximum absolute atomic E-state index is 12.4. The summed E-state index contributed by atoms with van der Waals surface area (Å²) < 4.78 is 5.26. The summed E-state index contributed by atoms with van der Waals surface area (Å²) in [6.45, 7) is 4.39. The van der Waals surface area contributed by atoms with Gasteiger partial charge in [0.2, 0.25) is 5.91 Å². The van der Waals surface area contributed by atoms with Crippen LogP contribution in [0.2, 0.25) is 5.02 Å². The SMILES string of the molecule is Cc1ccc(NCC(=O)Nc2ccc(C(=O)N3CCOCC3)cc2)cc1Cl. The van der Waals surface area contributed by atoms with E-state index in [1.807, 2.05) is 19.1 Å². The van der Waals surface area contributed by atoms with Crippen LogP contribution in [0.5, 0.6) is 0 Å². The maximum atomic E-state index is 12.4. The number of hydrogen-bond donors (Lipinski definition) is 2. The fraction of sp³-hybridized carbons (Fsp3) is 0.300. The number of anilines is 2. The number of rotatable bonds is 5. The summed E-state index contributed by atoms with van der Waals surface area (Å²) in [6, 6.07) is 12.5.